The smallest absolute Gasteiger partial charge is 0.129 e. The zero-order chi connectivity index (χ0) is 7.98. The van der Waals surface area contributed by atoms with Crippen LogP contribution in [0.1, 0.15) is 33.1 Å². The third-order valence-electron chi connectivity index (χ3n) is 1.45. The van der Waals surface area contributed by atoms with Crippen LogP contribution in [0.2, 0.25) is 0 Å². The lowest BCUT2D eigenvalue weighted by Gasteiger charge is -2.00. The Hall–Kier alpha value is -0.770. The Bertz CT molecular complexity index is 141. The zero-order valence-corrected chi connectivity index (χ0v) is 6.68. The van der Waals surface area contributed by atoms with E-state index in [0.717, 1.165) is 12.8 Å². The molecule has 0 bridgehead atoms. The van der Waals surface area contributed by atoms with Crippen LogP contribution in [0.25, 0.3) is 0 Å². The highest BCUT2D eigenvalue weighted by Crippen LogP contribution is 2.05. The molecule has 0 rings (SSSR count). The van der Waals surface area contributed by atoms with Gasteiger partial charge in [-0.25, -0.2) is 0 Å². The van der Waals surface area contributed by atoms with Crippen molar-refractivity contribution in [2.24, 2.45) is 5.92 Å². The zero-order valence-electron chi connectivity index (χ0n) is 6.68. The molecule has 0 aliphatic heterocycles. The van der Waals surface area contributed by atoms with Crippen LogP contribution in [0.3, 0.4) is 0 Å². The molecule has 1 atom stereocenters. The van der Waals surface area contributed by atoms with Gasteiger partial charge in [0.15, 0.2) is 0 Å². The number of terminal acetylenes is 1. The molecule has 0 aliphatic carbocycles. The van der Waals surface area contributed by atoms with Crippen molar-refractivity contribution in [2.45, 2.75) is 33.1 Å². The fourth-order valence-electron chi connectivity index (χ4n) is 0.741. The van der Waals surface area contributed by atoms with Gasteiger partial charge in [0, 0.05) is 12.3 Å². The Morgan fingerprint density at radius 2 is 2.30 bits per heavy atom. The van der Waals surface area contributed by atoms with Crippen LogP contribution in [-0.4, -0.2) is 5.78 Å². The van der Waals surface area contributed by atoms with Crippen LogP contribution in [0.4, 0.5) is 0 Å². The normalized spacial score (nSPS) is 12.1. The summed E-state index contributed by atoms with van der Waals surface area (Å²) in [4.78, 5) is 10.5. The van der Waals surface area contributed by atoms with Gasteiger partial charge in [-0.15, -0.1) is 12.3 Å². The first-order valence-electron chi connectivity index (χ1n) is 3.62. The summed E-state index contributed by atoms with van der Waals surface area (Å²) in [5.74, 6) is 3.20. The summed E-state index contributed by atoms with van der Waals surface area (Å²) in [5.41, 5.74) is 0. The average Bonchev–Trinajstić information content (AvgIpc) is 1.87. The average molecular weight is 138 g/mol. The molecule has 10 heavy (non-hydrogen) atoms. The summed E-state index contributed by atoms with van der Waals surface area (Å²) in [5, 5.41) is 0. The lowest BCUT2D eigenvalue weighted by Crippen LogP contribution is -1.94. The molecule has 1 unspecified atom stereocenters. The van der Waals surface area contributed by atoms with E-state index in [2.05, 4.69) is 5.92 Å². The summed E-state index contributed by atoms with van der Waals surface area (Å²) in [6, 6.07) is 0. The van der Waals surface area contributed by atoms with E-state index < -0.39 is 0 Å². The topological polar surface area (TPSA) is 17.1 Å². The summed E-state index contributed by atoms with van der Waals surface area (Å²) in [6.07, 6.45) is 7.73. The maximum atomic E-state index is 10.5. The summed E-state index contributed by atoms with van der Waals surface area (Å²) >= 11 is 0. The largest absolute Gasteiger partial charge is 0.300 e. The Morgan fingerprint density at radius 3 is 2.70 bits per heavy atom. The predicted octanol–water partition coefficient (Wildman–Crippen LogP) is 2.01. The van der Waals surface area contributed by atoms with E-state index in [1.54, 1.807) is 6.92 Å². The van der Waals surface area contributed by atoms with Crippen molar-refractivity contribution >= 4 is 5.78 Å². The highest BCUT2D eigenvalue weighted by Gasteiger charge is 1.97. The molecule has 0 saturated heterocycles. The van der Waals surface area contributed by atoms with E-state index in [4.69, 9.17) is 6.42 Å². The minimum Gasteiger partial charge on any atom is -0.300 e. The Kier molecular flexibility index (Phi) is 4.66. The van der Waals surface area contributed by atoms with Crippen LogP contribution in [0.15, 0.2) is 0 Å². The van der Waals surface area contributed by atoms with Crippen molar-refractivity contribution in [2.75, 3.05) is 0 Å². The molecular weight excluding hydrogens is 124 g/mol. The van der Waals surface area contributed by atoms with Crippen molar-refractivity contribution < 1.29 is 4.79 Å². The molecule has 0 saturated carbocycles. The number of carbonyl (C=O) groups excluding carboxylic acids is 1. The minimum absolute atomic E-state index is 0.254. The molecule has 0 N–H and O–H groups in total. The standard InChI is InChI=1S/C9H14O/c1-4-8(2)6-5-7-9(3)10/h1,8H,5-7H2,2-3H3. The quantitative estimate of drug-likeness (QED) is 0.543. The molecule has 0 aromatic carbocycles. The molecule has 0 radical (unpaired) electrons. The van der Waals surface area contributed by atoms with Crippen molar-refractivity contribution in [3.8, 4) is 12.3 Å². The Morgan fingerprint density at radius 1 is 1.70 bits per heavy atom. The van der Waals surface area contributed by atoms with E-state index in [0.29, 0.717) is 12.3 Å². The fourth-order valence-corrected chi connectivity index (χ4v) is 0.741. The van der Waals surface area contributed by atoms with Crippen LogP contribution in [0.5, 0.6) is 0 Å². The predicted molar refractivity (Wildman–Crippen MR) is 42.5 cm³/mol. The van der Waals surface area contributed by atoms with Gasteiger partial charge in [-0.1, -0.05) is 6.92 Å². The lowest BCUT2D eigenvalue weighted by molar-refractivity contribution is -0.117. The molecule has 0 heterocycles. The monoisotopic (exact) mass is 138 g/mol. The molecule has 0 aromatic heterocycles. The lowest BCUT2D eigenvalue weighted by atomic mass is 10.0. The highest BCUT2D eigenvalue weighted by atomic mass is 16.1. The third-order valence-corrected chi connectivity index (χ3v) is 1.45. The second-order valence-electron chi connectivity index (χ2n) is 2.66. The van der Waals surface area contributed by atoms with Gasteiger partial charge in [-0.05, 0) is 19.8 Å². The number of ketones is 1. The first-order chi connectivity index (χ1) is 4.66. The first kappa shape index (κ1) is 9.23. The van der Waals surface area contributed by atoms with Gasteiger partial charge >= 0.3 is 0 Å². The maximum Gasteiger partial charge on any atom is 0.129 e. The van der Waals surface area contributed by atoms with Crippen molar-refractivity contribution in [1.82, 2.24) is 0 Å². The SMILES string of the molecule is C#CC(C)CCCC(C)=O. The number of hydrogen-bond acceptors (Lipinski definition) is 1. The van der Waals surface area contributed by atoms with Crippen molar-refractivity contribution in [1.29, 1.82) is 0 Å². The highest BCUT2D eigenvalue weighted by molar-refractivity contribution is 5.75. The Balaban J connectivity index is 3.22. The van der Waals surface area contributed by atoms with Crippen molar-refractivity contribution in [3.63, 3.8) is 0 Å². The molecule has 0 aromatic rings. The number of Topliss-reactive ketones (excluding diaryl/α,β-unsaturated/α-hetero) is 1. The molecule has 0 amide bonds. The van der Waals surface area contributed by atoms with E-state index in [1.807, 2.05) is 6.92 Å². The molecule has 0 spiro atoms. The third kappa shape index (κ3) is 5.37. The second-order valence-corrected chi connectivity index (χ2v) is 2.66. The summed E-state index contributed by atoms with van der Waals surface area (Å²) in [6.45, 7) is 3.61. The number of rotatable bonds is 4. The summed E-state index contributed by atoms with van der Waals surface area (Å²) in [7, 11) is 0. The van der Waals surface area contributed by atoms with Crippen molar-refractivity contribution in [3.05, 3.63) is 0 Å². The van der Waals surface area contributed by atoms with Gasteiger partial charge in [0.25, 0.3) is 0 Å². The number of hydrogen-bond donors (Lipinski definition) is 0. The van der Waals surface area contributed by atoms with Gasteiger partial charge in [-0.3, -0.25) is 0 Å². The molecule has 1 nitrogen and oxygen atoms in total. The van der Waals surface area contributed by atoms with Crippen LogP contribution < -0.4 is 0 Å². The van der Waals surface area contributed by atoms with Gasteiger partial charge in [-0.2, -0.15) is 0 Å². The molecular formula is C9H14O. The molecule has 1 heteroatoms. The van der Waals surface area contributed by atoms with E-state index in [-0.39, 0.29) is 5.78 Å². The van der Waals surface area contributed by atoms with Crippen LogP contribution in [-0.2, 0) is 4.79 Å². The van der Waals surface area contributed by atoms with Gasteiger partial charge in [0.2, 0.25) is 0 Å². The van der Waals surface area contributed by atoms with E-state index >= 15 is 0 Å². The van der Waals surface area contributed by atoms with Crippen LogP contribution in [0, 0.1) is 18.3 Å². The molecule has 56 valence electrons. The second kappa shape index (κ2) is 5.05. The minimum atomic E-state index is 0.254. The Labute approximate surface area is 62.8 Å². The number of carbonyl (C=O) groups is 1. The van der Waals surface area contributed by atoms with Gasteiger partial charge in [0.1, 0.15) is 5.78 Å². The van der Waals surface area contributed by atoms with Gasteiger partial charge < -0.3 is 4.79 Å². The first-order valence-corrected chi connectivity index (χ1v) is 3.62. The van der Waals surface area contributed by atoms with E-state index in [1.165, 1.54) is 0 Å². The molecule has 0 fully saturated rings. The fraction of sp³-hybridized carbons (Fsp3) is 0.667. The van der Waals surface area contributed by atoms with E-state index in [9.17, 15) is 4.79 Å². The summed E-state index contributed by atoms with van der Waals surface area (Å²) < 4.78 is 0. The maximum absolute atomic E-state index is 10.5. The van der Waals surface area contributed by atoms with Crippen LogP contribution >= 0.6 is 0 Å². The molecule has 0 aliphatic rings. The van der Waals surface area contributed by atoms with Gasteiger partial charge in [0.05, 0.1) is 0 Å².